The van der Waals surface area contributed by atoms with Gasteiger partial charge in [0.15, 0.2) is 0 Å². The van der Waals surface area contributed by atoms with Crippen LogP contribution < -0.4 is 16.2 Å². The number of hydrogen-bond acceptors (Lipinski definition) is 3. The van der Waals surface area contributed by atoms with Crippen molar-refractivity contribution in [1.82, 2.24) is 0 Å². The maximum absolute atomic E-state index is 12.9. The quantitative estimate of drug-likeness (QED) is 0.840. The van der Waals surface area contributed by atoms with E-state index < -0.39 is 11.7 Å². The monoisotopic (exact) mass is 260 g/mol. The van der Waals surface area contributed by atoms with Crippen LogP contribution in [-0.2, 0) is 0 Å². The zero-order valence-electron chi connectivity index (χ0n) is 9.06. The first-order chi connectivity index (χ1) is 7.63. The number of benzene rings is 1. The number of carbonyl (C=O) groups is 1. The van der Waals surface area contributed by atoms with Gasteiger partial charge in [0.05, 0.1) is 0 Å². The standard InChI is InChI=1S/C11H13FN2O2.ClH/c12-9(5-6-13)7-16-10-3-1-8(2-4-10)11(14)15;/h1-5H,6-7,13H2,(H2,14,15);1H/b9-5+;. The Hall–Kier alpha value is -1.59. The maximum atomic E-state index is 12.9. The largest absolute Gasteiger partial charge is 0.487 e. The van der Waals surface area contributed by atoms with Crippen LogP contribution in [0.3, 0.4) is 0 Å². The van der Waals surface area contributed by atoms with Crippen LogP contribution in [0.2, 0.25) is 0 Å². The van der Waals surface area contributed by atoms with Gasteiger partial charge < -0.3 is 16.2 Å². The zero-order valence-corrected chi connectivity index (χ0v) is 9.87. The Morgan fingerprint density at radius 3 is 2.41 bits per heavy atom. The van der Waals surface area contributed by atoms with Crippen LogP contribution in [0, 0.1) is 0 Å². The fraction of sp³-hybridized carbons (Fsp3) is 0.182. The molecule has 0 radical (unpaired) electrons. The fourth-order valence-electron chi connectivity index (χ4n) is 1.05. The number of ether oxygens (including phenoxy) is 1. The van der Waals surface area contributed by atoms with Crippen molar-refractivity contribution < 1.29 is 13.9 Å². The second-order valence-corrected chi connectivity index (χ2v) is 3.06. The summed E-state index contributed by atoms with van der Waals surface area (Å²) in [7, 11) is 0. The first-order valence-electron chi connectivity index (χ1n) is 4.70. The van der Waals surface area contributed by atoms with Crippen LogP contribution in [0.25, 0.3) is 0 Å². The molecule has 0 saturated carbocycles. The van der Waals surface area contributed by atoms with Crippen molar-refractivity contribution in [2.45, 2.75) is 0 Å². The number of amides is 1. The fourth-order valence-corrected chi connectivity index (χ4v) is 1.05. The smallest absolute Gasteiger partial charge is 0.248 e. The minimum absolute atomic E-state index is 0. The van der Waals surface area contributed by atoms with E-state index >= 15 is 0 Å². The number of primary amides is 1. The summed E-state index contributed by atoms with van der Waals surface area (Å²) >= 11 is 0. The predicted molar refractivity (Wildman–Crippen MR) is 65.9 cm³/mol. The van der Waals surface area contributed by atoms with Crippen LogP contribution in [0.5, 0.6) is 5.75 Å². The van der Waals surface area contributed by atoms with Crippen molar-refractivity contribution in [2.75, 3.05) is 13.2 Å². The molecule has 1 rings (SSSR count). The van der Waals surface area contributed by atoms with E-state index in [4.69, 9.17) is 16.2 Å². The molecule has 0 saturated heterocycles. The Morgan fingerprint density at radius 1 is 1.35 bits per heavy atom. The van der Waals surface area contributed by atoms with Gasteiger partial charge in [-0.15, -0.1) is 12.4 Å². The Balaban J connectivity index is 0.00000256. The van der Waals surface area contributed by atoms with E-state index in [1.54, 1.807) is 12.1 Å². The molecule has 0 spiro atoms. The number of rotatable bonds is 5. The molecule has 1 aromatic carbocycles. The molecule has 0 atom stereocenters. The van der Waals surface area contributed by atoms with Crippen molar-refractivity contribution in [1.29, 1.82) is 0 Å². The highest BCUT2D eigenvalue weighted by molar-refractivity contribution is 5.92. The summed E-state index contributed by atoms with van der Waals surface area (Å²) in [4.78, 5) is 10.8. The third-order valence-corrected chi connectivity index (χ3v) is 1.85. The lowest BCUT2D eigenvalue weighted by atomic mass is 10.2. The number of carbonyl (C=O) groups excluding carboxylic acids is 1. The average molecular weight is 261 g/mol. The van der Waals surface area contributed by atoms with Gasteiger partial charge >= 0.3 is 0 Å². The van der Waals surface area contributed by atoms with Crippen LogP contribution >= 0.6 is 12.4 Å². The normalized spacial score (nSPS) is 10.6. The first kappa shape index (κ1) is 15.4. The van der Waals surface area contributed by atoms with E-state index in [0.29, 0.717) is 11.3 Å². The highest BCUT2D eigenvalue weighted by Gasteiger charge is 2.01. The van der Waals surface area contributed by atoms with E-state index in [1.807, 2.05) is 0 Å². The molecule has 6 heteroatoms. The van der Waals surface area contributed by atoms with Crippen molar-refractivity contribution >= 4 is 18.3 Å². The van der Waals surface area contributed by atoms with E-state index in [9.17, 15) is 9.18 Å². The first-order valence-corrected chi connectivity index (χ1v) is 4.70. The summed E-state index contributed by atoms with van der Waals surface area (Å²) in [6.45, 7) is -0.0388. The molecular weight excluding hydrogens is 247 g/mol. The van der Waals surface area contributed by atoms with Crippen molar-refractivity contribution in [2.24, 2.45) is 11.5 Å². The topological polar surface area (TPSA) is 78.3 Å². The van der Waals surface area contributed by atoms with E-state index in [1.165, 1.54) is 18.2 Å². The molecule has 0 aliphatic rings. The molecular formula is C11H14ClFN2O2. The zero-order chi connectivity index (χ0) is 12.0. The molecule has 1 aromatic rings. The van der Waals surface area contributed by atoms with Gasteiger partial charge in [-0.3, -0.25) is 4.79 Å². The van der Waals surface area contributed by atoms with Gasteiger partial charge in [0.2, 0.25) is 5.91 Å². The number of hydrogen-bond donors (Lipinski definition) is 2. The molecule has 0 aromatic heterocycles. The molecule has 0 fully saturated rings. The van der Waals surface area contributed by atoms with Gasteiger partial charge in [0, 0.05) is 12.1 Å². The minimum Gasteiger partial charge on any atom is -0.487 e. The summed E-state index contributed by atoms with van der Waals surface area (Å²) in [6.07, 6.45) is 1.23. The second-order valence-electron chi connectivity index (χ2n) is 3.06. The van der Waals surface area contributed by atoms with Gasteiger partial charge in [-0.05, 0) is 30.3 Å². The molecule has 0 unspecified atom stereocenters. The van der Waals surface area contributed by atoms with E-state index in [2.05, 4.69) is 0 Å². The van der Waals surface area contributed by atoms with Crippen molar-refractivity contribution in [3.05, 3.63) is 41.7 Å². The molecule has 0 aliphatic heterocycles. The molecule has 17 heavy (non-hydrogen) atoms. The molecule has 0 aliphatic carbocycles. The van der Waals surface area contributed by atoms with Crippen LogP contribution in [0.1, 0.15) is 10.4 Å². The predicted octanol–water partition coefficient (Wildman–Crippen LogP) is 1.40. The Morgan fingerprint density at radius 2 is 1.94 bits per heavy atom. The lowest BCUT2D eigenvalue weighted by Crippen LogP contribution is -2.10. The molecule has 1 amide bonds. The van der Waals surface area contributed by atoms with Gasteiger partial charge in [-0.1, -0.05) is 0 Å². The van der Waals surface area contributed by atoms with E-state index in [-0.39, 0.29) is 25.6 Å². The maximum Gasteiger partial charge on any atom is 0.248 e. The minimum atomic E-state index is -0.513. The molecule has 4 nitrogen and oxygen atoms in total. The Kier molecular flexibility index (Phi) is 6.93. The Bertz CT molecular complexity index is 393. The lowest BCUT2D eigenvalue weighted by Gasteiger charge is -2.04. The SMILES string of the molecule is Cl.NC/C=C(/F)COc1ccc(C(N)=O)cc1. The molecule has 0 heterocycles. The van der Waals surface area contributed by atoms with Gasteiger partial charge in [-0.2, -0.15) is 0 Å². The third-order valence-electron chi connectivity index (χ3n) is 1.85. The van der Waals surface area contributed by atoms with Crippen LogP contribution in [-0.4, -0.2) is 19.1 Å². The van der Waals surface area contributed by atoms with Crippen LogP contribution in [0.4, 0.5) is 4.39 Å². The summed E-state index contributed by atoms with van der Waals surface area (Å²) in [6, 6.07) is 6.13. The molecule has 0 bridgehead atoms. The molecule has 4 N–H and O–H groups in total. The number of nitrogens with two attached hydrogens (primary N) is 2. The van der Waals surface area contributed by atoms with Crippen molar-refractivity contribution in [3.8, 4) is 5.75 Å². The average Bonchev–Trinajstić information content (AvgIpc) is 2.27. The summed E-state index contributed by atoms with van der Waals surface area (Å²) in [5, 5.41) is 0. The number of halogens is 2. The second kappa shape index (κ2) is 7.65. The van der Waals surface area contributed by atoms with Gasteiger partial charge in [-0.25, -0.2) is 4.39 Å². The van der Waals surface area contributed by atoms with Crippen molar-refractivity contribution in [3.63, 3.8) is 0 Å². The van der Waals surface area contributed by atoms with Crippen LogP contribution in [0.15, 0.2) is 36.2 Å². The third kappa shape index (κ3) is 5.33. The highest BCUT2D eigenvalue weighted by atomic mass is 35.5. The Labute approximate surface area is 105 Å². The lowest BCUT2D eigenvalue weighted by molar-refractivity contribution is 0.100. The van der Waals surface area contributed by atoms with Gasteiger partial charge in [0.1, 0.15) is 18.2 Å². The summed E-state index contributed by atoms with van der Waals surface area (Å²) < 4.78 is 18.0. The van der Waals surface area contributed by atoms with Gasteiger partial charge in [0.25, 0.3) is 0 Å². The highest BCUT2D eigenvalue weighted by Crippen LogP contribution is 2.13. The molecule has 94 valence electrons. The summed E-state index contributed by atoms with van der Waals surface area (Å²) in [5.41, 5.74) is 10.6. The van der Waals surface area contributed by atoms with E-state index in [0.717, 1.165) is 0 Å². The summed E-state index contributed by atoms with van der Waals surface area (Å²) in [5.74, 6) is -0.479.